The highest BCUT2D eigenvalue weighted by Gasteiger charge is 2.14. The second-order valence-corrected chi connectivity index (χ2v) is 5.11. The lowest BCUT2D eigenvalue weighted by Crippen LogP contribution is -2.07. The summed E-state index contributed by atoms with van der Waals surface area (Å²) in [5.41, 5.74) is 2.84. The number of carbonyl (C=O) groups is 2. The van der Waals surface area contributed by atoms with Gasteiger partial charge in [-0.3, -0.25) is 0 Å². The lowest BCUT2D eigenvalue weighted by Gasteiger charge is -2.08. The number of hydrogen-bond acceptors (Lipinski definition) is 7. The molecule has 0 aliphatic heterocycles. The van der Waals surface area contributed by atoms with Crippen LogP contribution in [-0.2, 0) is 9.47 Å². The van der Waals surface area contributed by atoms with Crippen LogP contribution in [0.2, 0.25) is 0 Å². The Labute approximate surface area is 142 Å². The predicted molar refractivity (Wildman–Crippen MR) is 87.7 cm³/mol. The van der Waals surface area contributed by atoms with Crippen LogP contribution in [0.25, 0.3) is 22.5 Å². The predicted octanol–water partition coefficient (Wildman–Crippen LogP) is 2.11. The van der Waals surface area contributed by atoms with Crippen molar-refractivity contribution in [1.82, 2.24) is 20.6 Å². The molecule has 8 nitrogen and oxygen atoms in total. The average molecular weight is 338 g/mol. The van der Waals surface area contributed by atoms with Crippen LogP contribution in [0, 0.1) is 0 Å². The van der Waals surface area contributed by atoms with Crippen LogP contribution < -0.4 is 0 Å². The minimum absolute atomic E-state index is 0.268. The number of tetrazole rings is 1. The highest BCUT2D eigenvalue weighted by atomic mass is 16.5. The van der Waals surface area contributed by atoms with Crippen LogP contribution in [0.5, 0.6) is 0 Å². The van der Waals surface area contributed by atoms with E-state index in [1.165, 1.54) is 20.3 Å². The second kappa shape index (κ2) is 6.91. The van der Waals surface area contributed by atoms with Gasteiger partial charge in [-0.05, 0) is 39.8 Å². The Morgan fingerprint density at radius 2 is 1.40 bits per heavy atom. The van der Waals surface area contributed by atoms with E-state index in [-0.39, 0.29) is 11.1 Å². The van der Waals surface area contributed by atoms with E-state index < -0.39 is 11.9 Å². The molecule has 0 saturated carbocycles. The van der Waals surface area contributed by atoms with Crippen LogP contribution in [0.3, 0.4) is 0 Å². The van der Waals surface area contributed by atoms with E-state index in [0.29, 0.717) is 11.4 Å². The van der Waals surface area contributed by atoms with Crippen LogP contribution >= 0.6 is 0 Å². The summed E-state index contributed by atoms with van der Waals surface area (Å²) in [6.07, 6.45) is 0. The Hall–Kier alpha value is -3.55. The molecule has 0 radical (unpaired) electrons. The smallest absolute Gasteiger partial charge is 0.337 e. The third kappa shape index (κ3) is 3.37. The van der Waals surface area contributed by atoms with Gasteiger partial charge in [0.1, 0.15) is 0 Å². The Kier molecular flexibility index (Phi) is 4.51. The first-order chi connectivity index (χ1) is 12.1. The number of hydrogen-bond donors (Lipinski definition) is 1. The number of nitrogens with one attached hydrogen (secondary N) is 1. The number of esters is 2. The van der Waals surface area contributed by atoms with E-state index in [1.807, 2.05) is 24.3 Å². The van der Waals surface area contributed by atoms with E-state index in [4.69, 9.17) is 9.47 Å². The standard InChI is InChI=1S/C17H14N4O4/c1-24-16(22)13-7-12(8-14(9-13)17(23)25-2)10-3-5-11(6-4-10)15-18-20-21-19-15/h3-9H,1-2H3,(H,18,19,20,21). The van der Waals surface area contributed by atoms with Crippen molar-refractivity contribution in [2.24, 2.45) is 0 Å². The maximum atomic E-state index is 11.9. The van der Waals surface area contributed by atoms with E-state index in [0.717, 1.165) is 11.1 Å². The number of carbonyl (C=O) groups excluding carboxylic acids is 2. The average Bonchev–Trinajstić information content (AvgIpc) is 3.21. The molecule has 1 aromatic heterocycles. The minimum Gasteiger partial charge on any atom is -0.465 e. The summed E-state index contributed by atoms with van der Waals surface area (Å²) in [5, 5.41) is 13.6. The number of methoxy groups -OCH3 is 2. The highest BCUT2D eigenvalue weighted by Crippen LogP contribution is 2.25. The van der Waals surface area contributed by atoms with Crippen molar-refractivity contribution >= 4 is 11.9 Å². The fourth-order valence-electron chi connectivity index (χ4n) is 2.37. The third-order valence-electron chi connectivity index (χ3n) is 3.61. The molecule has 1 heterocycles. The molecule has 126 valence electrons. The van der Waals surface area contributed by atoms with Crippen LogP contribution in [-0.4, -0.2) is 46.8 Å². The molecule has 0 aliphatic carbocycles. The molecule has 0 amide bonds. The van der Waals surface area contributed by atoms with Crippen molar-refractivity contribution in [1.29, 1.82) is 0 Å². The minimum atomic E-state index is -0.531. The number of ether oxygens (including phenoxy) is 2. The SMILES string of the molecule is COC(=O)c1cc(C(=O)OC)cc(-c2ccc(-c3nnn[nH]3)cc2)c1. The van der Waals surface area contributed by atoms with E-state index in [9.17, 15) is 9.59 Å². The van der Waals surface area contributed by atoms with Crippen LogP contribution in [0.15, 0.2) is 42.5 Å². The number of H-pyrrole nitrogens is 1. The largest absolute Gasteiger partial charge is 0.465 e. The van der Waals surface area contributed by atoms with Gasteiger partial charge in [0.05, 0.1) is 25.3 Å². The van der Waals surface area contributed by atoms with Gasteiger partial charge in [-0.25, -0.2) is 14.7 Å². The number of aromatic amines is 1. The molecule has 0 spiro atoms. The summed E-state index contributed by atoms with van der Waals surface area (Å²) in [4.78, 5) is 23.7. The first-order valence-corrected chi connectivity index (χ1v) is 7.28. The third-order valence-corrected chi connectivity index (χ3v) is 3.61. The van der Waals surface area contributed by atoms with Gasteiger partial charge in [0.15, 0.2) is 5.82 Å². The van der Waals surface area contributed by atoms with Crippen molar-refractivity contribution in [3.63, 3.8) is 0 Å². The molecule has 0 aliphatic rings. The molecule has 3 rings (SSSR count). The first kappa shape index (κ1) is 16.3. The molecular weight excluding hydrogens is 324 g/mol. The summed E-state index contributed by atoms with van der Waals surface area (Å²) >= 11 is 0. The highest BCUT2D eigenvalue weighted by molar-refractivity contribution is 5.97. The molecule has 2 aromatic carbocycles. The zero-order valence-electron chi connectivity index (χ0n) is 13.5. The zero-order valence-corrected chi connectivity index (χ0v) is 13.5. The van der Waals surface area contributed by atoms with Gasteiger partial charge < -0.3 is 9.47 Å². The number of nitrogens with zero attached hydrogens (tertiary/aromatic N) is 3. The van der Waals surface area contributed by atoms with Crippen molar-refractivity contribution in [3.8, 4) is 22.5 Å². The fraction of sp³-hybridized carbons (Fsp3) is 0.118. The quantitative estimate of drug-likeness (QED) is 0.726. The van der Waals surface area contributed by atoms with Crippen molar-refractivity contribution in [2.75, 3.05) is 14.2 Å². The Morgan fingerprint density at radius 1 is 0.840 bits per heavy atom. The van der Waals surface area contributed by atoms with Crippen molar-refractivity contribution in [2.45, 2.75) is 0 Å². The first-order valence-electron chi connectivity index (χ1n) is 7.28. The van der Waals surface area contributed by atoms with Gasteiger partial charge in [-0.15, -0.1) is 5.10 Å². The molecule has 3 aromatic rings. The summed E-state index contributed by atoms with van der Waals surface area (Å²) < 4.78 is 9.49. The molecule has 0 atom stereocenters. The maximum Gasteiger partial charge on any atom is 0.337 e. The van der Waals surface area contributed by atoms with E-state index >= 15 is 0 Å². The molecule has 0 unspecified atom stereocenters. The second-order valence-electron chi connectivity index (χ2n) is 5.11. The van der Waals surface area contributed by atoms with E-state index in [1.54, 1.807) is 12.1 Å². The van der Waals surface area contributed by atoms with Gasteiger partial charge in [-0.2, -0.15) is 0 Å². The van der Waals surface area contributed by atoms with Crippen molar-refractivity contribution in [3.05, 3.63) is 53.6 Å². The van der Waals surface area contributed by atoms with Gasteiger partial charge in [0.25, 0.3) is 0 Å². The zero-order chi connectivity index (χ0) is 17.8. The number of aromatic nitrogens is 4. The van der Waals surface area contributed by atoms with E-state index in [2.05, 4.69) is 20.6 Å². The maximum absolute atomic E-state index is 11.9. The normalized spacial score (nSPS) is 10.3. The molecule has 0 bridgehead atoms. The molecular formula is C17H14N4O4. The van der Waals surface area contributed by atoms with Gasteiger partial charge in [0, 0.05) is 5.56 Å². The van der Waals surface area contributed by atoms with Crippen LogP contribution in [0.1, 0.15) is 20.7 Å². The summed E-state index contributed by atoms with van der Waals surface area (Å²) in [7, 11) is 2.57. The van der Waals surface area contributed by atoms with Crippen LogP contribution in [0.4, 0.5) is 0 Å². The van der Waals surface area contributed by atoms with Crippen molar-refractivity contribution < 1.29 is 19.1 Å². The Bertz CT molecular complexity index is 871. The monoisotopic (exact) mass is 338 g/mol. The molecule has 8 heteroatoms. The topological polar surface area (TPSA) is 107 Å². The lowest BCUT2D eigenvalue weighted by molar-refractivity contribution is 0.0599. The number of benzene rings is 2. The fourth-order valence-corrected chi connectivity index (χ4v) is 2.37. The Morgan fingerprint density at radius 3 is 1.88 bits per heavy atom. The van der Waals surface area contributed by atoms with Gasteiger partial charge in [0.2, 0.25) is 0 Å². The van der Waals surface area contributed by atoms with Gasteiger partial charge >= 0.3 is 11.9 Å². The summed E-state index contributed by atoms with van der Waals surface area (Å²) in [6, 6.07) is 12.1. The molecule has 0 saturated heterocycles. The summed E-state index contributed by atoms with van der Waals surface area (Å²) in [6.45, 7) is 0. The molecule has 25 heavy (non-hydrogen) atoms. The lowest BCUT2D eigenvalue weighted by atomic mass is 9.98. The van der Waals surface area contributed by atoms with Gasteiger partial charge in [-0.1, -0.05) is 24.3 Å². The molecule has 0 fully saturated rings. The summed E-state index contributed by atoms with van der Waals surface area (Å²) in [5.74, 6) is -0.516. The molecule has 1 N–H and O–H groups in total. The number of rotatable bonds is 4. The Balaban J connectivity index is 2.03.